The maximum absolute atomic E-state index is 13.5. The fourth-order valence-corrected chi connectivity index (χ4v) is 5.18. The summed E-state index contributed by atoms with van der Waals surface area (Å²) in [7, 11) is 0. The Labute approximate surface area is 207 Å². The summed E-state index contributed by atoms with van der Waals surface area (Å²) >= 11 is 3.49. The van der Waals surface area contributed by atoms with Crippen molar-refractivity contribution in [1.29, 1.82) is 5.41 Å². The predicted octanol–water partition coefficient (Wildman–Crippen LogP) is 7.31. The van der Waals surface area contributed by atoms with E-state index >= 15 is 0 Å². The summed E-state index contributed by atoms with van der Waals surface area (Å²) in [6.45, 7) is 2.02. The number of hydrogen-bond acceptors (Lipinski definition) is 3. The molecule has 0 unspecified atom stereocenters. The molecule has 1 heterocycles. The lowest BCUT2D eigenvalue weighted by Gasteiger charge is -2.41. The van der Waals surface area contributed by atoms with Crippen molar-refractivity contribution in [3.05, 3.63) is 117 Å². The molecule has 2 N–H and O–H groups in total. The minimum absolute atomic E-state index is 0.0308. The number of ketones is 1. The maximum Gasteiger partial charge on any atom is 0.161 e. The van der Waals surface area contributed by atoms with Gasteiger partial charge in [-0.3, -0.25) is 15.1 Å². The number of anilines is 1. The third kappa shape index (κ3) is 3.90. The number of rotatable bonds is 3. The second-order valence-electron chi connectivity index (χ2n) is 8.77. The standard InChI is InChI=1S/C29H25BrN2O2/c1-18-10-12-19(13-11-18)25-26-23(8-5-9-24(26)33)32(22-16-14-21(30)15-17-22)29(31)27(25)28(34)20-6-3-2-4-7-20/h2-4,6-7,10-17,25,31,34H,5,8-9H2,1H3/b28-27+,31-29?/t25-/m1/s1. The van der Waals surface area contributed by atoms with Gasteiger partial charge in [0.2, 0.25) is 0 Å². The molecule has 170 valence electrons. The predicted molar refractivity (Wildman–Crippen MR) is 140 cm³/mol. The average molecular weight is 513 g/mol. The van der Waals surface area contributed by atoms with Gasteiger partial charge in [0.1, 0.15) is 11.6 Å². The van der Waals surface area contributed by atoms with Crippen molar-refractivity contribution < 1.29 is 9.90 Å². The zero-order valence-corrected chi connectivity index (χ0v) is 20.5. The summed E-state index contributed by atoms with van der Waals surface area (Å²) in [5, 5.41) is 20.9. The van der Waals surface area contributed by atoms with Gasteiger partial charge in [-0.25, -0.2) is 0 Å². The van der Waals surface area contributed by atoms with E-state index in [4.69, 9.17) is 0 Å². The molecular formula is C29H25BrN2O2. The maximum atomic E-state index is 13.5. The normalized spacial score (nSPS) is 19.8. The Kier molecular flexibility index (Phi) is 5.96. The molecule has 0 radical (unpaired) electrons. The SMILES string of the molecule is Cc1ccc([C@@H]2C3=C(CCCC3=O)N(c3ccc(Br)cc3)C(=N)/C2=C(/O)c2ccccc2)cc1. The Hall–Kier alpha value is -3.44. The molecule has 3 aromatic carbocycles. The fourth-order valence-electron chi connectivity index (χ4n) is 4.91. The van der Waals surface area contributed by atoms with E-state index in [0.29, 0.717) is 29.6 Å². The second-order valence-corrected chi connectivity index (χ2v) is 9.69. The van der Waals surface area contributed by atoms with E-state index < -0.39 is 5.92 Å². The van der Waals surface area contributed by atoms with Gasteiger partial charge in [-0.15, -0.1) is 0 Å². The molecule has 1 aliphatic carbocycles. The van der Waals surface area contributed by atoms with Crippen LogP contribution >= 0.6 is 15.9 Å². The van der Waals surface area contributed by atoms with Gasteiger partial charge in [0, 0.05) is 44.9 Å². The van der Waals surface area contributed by atoms with Crippen molar-refractivity contribution in [2.45, 2.75) is 32.1 Å². The number of amidine groups is 1. The molecule has 1 atom stereocenters. The van der Waals surface area contributed by atoms with Crippen LogP contribution in [-0.4, -0.2) is 16.7 Å². The first-order chi connectivity index (χ1) is 16.5. The Morgan fingerprint density at radius 2 is 1.65 bits per heavy atom. The molecule has 2 aliphatic rings. The highest BCUT2D eigenvalue weighted by Gasteiger charge is 2.43. The summed E-state index contributed by atoms with van der Waals surface area (Å²) in [5.41, 5.74) is 5.45. The van der Waals surface area contributed by atoms with E-state index in [2.05, 4.69) is 15.9 Å². The van der Waals surface area contributed by atoms with Crippen molar-refractivity contribution in [3.8, 4) is 0 Å². The van der Waals surface area contributed by atoms with Crippen molar-refractivity contribution >= 4 is 39.0 Å². The Morgan fingerprint density at radius 1 is 0.971 bits per heavy atom. The van der Waals surface area contributed by atoms with Crippen LogP contribution in [0.4, 0.5) is 5.69 Å². The van der Waals surface area contributed by atoms with Crippen LogP contribution in [0.3, 0.4) is 0 Å². The molecular weight excluding hydrogens is 488 g/mol. The molecule has 5 heteroatoms. The Balaban J connectivity index is 1.82. The number of hydrogen-bond donors (Lipinski definition) is 2. The quantitative estimate of drug-likeness (QED) is 0.361. The third-order valence-electron chi connectivity index (χ3n) is 6.55. The minimum atomic E-state index is -0.497. The van der Waals surface area contributed by atoms with Gasteiger partial charge < -0.3 is 5.11 Å². The number of nitrogens with one attached hydrogen (secondary N) is 1. The fraction of sp³-hybridized carbons (Fsp3) is 0.172. The highest BCUT2D eigenvalue weighted by molar-refractivity contribution is 9.10. The van der Waals surface area contributed by atoms with Gasteiger partial charge in [0.15, 0.2) is 5.78 Å². The van der Waals surface area contributed by atoms with Crippen LogP contribution in [-0.2, 0) is 4.79 Å². The number of aryl methyl sites for hydroxylation is 1. The number of halogens is 1. The number of benzene rings is 3. The average Bonchev–Trinajstić information content (AvgIpc) is 2.85. The van der Waals surface area contributed by atoms with Crippen LogP contribution in [0.1, 0.15) is 41.9 Å². The van der Waals surface area contributed by atoms with Crippen LogP contribution in [0.5, 0.6) is 0 Å². The Bertz CT molecular complexity index is 1320. The second kappa shape index (κ2) is 9.07. The number of carbonyl (C=O) groups excluding carboxylic acids is 1. The lowest BCUT2D eigenvalue weighted by Crippen LogP contribution is -2.42. The summed E-state index contributed by atoms with van der Waals surface area (Å²) in [6, 6.07) is 25.1. The van der Waals surface area contributed by atoms with Crippen LogP contribution in [0, 0.1) is 12.3 Å². The number of Topliss-reactive ketones (excluding diaryl/α,β-unsaturated/α-hetero) is 1. The van der Waals surface area contributed by atoms with Gasteiger partial charge in [0.05, 0.1) is 0 Å². The third-order valence-corrected chi connectivity index (χ3v) is 7.08. The molecule has 5 rings (SSSR count). The molecule has 0 fully saturated rings. The monoisotopic (exact) mass is 512 g/mol. The number of carbonyl (C=O) groups is 1. The summed E-state index contributed by atoms with van der Waals surface area (Å²) < 4.78 is 0.939. The zero-order valence-electron chi connectivity index (χ0n) is 18.9. The van der Waals surface area contributed by atoms with Gasteiger partial charge >= 0.3 is 0 Å². The van der Waals surface area contributed by atoms with E-state index in [1.165, 1.54) is 0 Å². The largest absolute Gasteiger partial charge is 0.507 e. The lowest BCUT2D eigenvalue weighted by molar-refractivity contribution is -0.116. The smallest absolute Gasteiger partial charge is 0.161 e. The number of nitrogens with zero attached hydrogens (tertiary/aromatic N) is 1. The van der Waals surface area contributed by atoms with E-state index in [1.807, 2.05) is 90.7 Å². The summed E-state index contributed by atoms with van der Waals surface area (Å²) in [5.74, 6) is -0.187. The Morgan fingerprint density at radius 3 is 2.32 bits per heavy atom. The van der Waals surface area contributed by atoms with E-state index in [-0.39, 0.29) is 17.4 Å². The van der Waals surface area contributed by atoms with Gasteiger partial charge in [-0.2, -0.15) is 0 Å². The molecule has 4 nitrogen and oxygen atoms in total. The molecule has 0 saturated carbocycles. The van der Waals surface area contributed by atoms with Crippen LogP contribution in [0.25, 0.3) is 5.76 Å². The first-order valence-corrected chi connectivity index (χ1v) is 12.2. The van der Waals surface area contributed by atoms with Gasteiger partial charge in [0.25, 0.3) is 0 Å². The van der Waals surface area contributed by atoms with Crippen LogP contribution < -0.4 is 4.90 Å². The molecule has 0 bridgehead atoms. The van der Waals surface area contributed by atoms with Crippen molar-refractivity contribution in [1.82, 2.24) is 0 Å². The topological polar surface area (TPSA) is 64.4 Å². The molecule has 34 heavy (non-hydrogen) atoms. The zero-order chi connectivity index (χ0) is 23.8. The lowest BCUT2D eigenvalue weighted by atomic mass is 9.73. The molecule has 3 aromatic rings. The summed E-state index contributed by atoms with van der Waals surface area (Å²) in [6.07, 6.45) is 1.94. The number of aliphatic hydroxyl groups is 1. The summed E-state index contributed by atoms with van der Waals surface area (Å²) in [4.78, 5) is 15.3. The van der Waals surface area contributed by atoms with E-state index in [1.54, 1.807) is 0 Å². The van der Waals surface area contributed by atoms with Crippen LogP contribution in [0.15, 0.2) is 100 Å². The first-order valence-electron chi connectivity index (χ1n) is 11.4. The molecule has 0 amide bonds. The van der Waals surface area contributed by atoms with E-state index in [0.717, 1.165) is 33.4 Å². The van der Waals surface area contributed by atoms with Gasteiger partial charge in [-0.1, -0.05) is 76.1 Å². The molecule has 1 aliphatic heterocycles. The highest BCUT2D eigenvalue weighted by Crippen LogP contribution is 2.47. The number of aliphatic hydroxyl groups excluding tert-OH is 1. The van der Waals surface area contributed by atoms with Crippen molar-refractivity contribution in [3.63, 3.8) is 0 Å². The van der Waals surface area contributed by atoms with Crippen molar-refractivity contribution in [2.24, 2.45) is 0 Å². The molecule has 0 aromatic heterocycles. The van der Waals surface area contributed by atoms with E-state index in [9.17, 15) is 15.3 Å². The van der Waals surface area contributed by atoms with Crippen LogP contribution in [0.2, 0.25) is 0 Å². The molecule has 0 spiro atoms. The van der Waals surface area contributed by atoms with Gasteiger partial charge in [-0.05, 0) is 49.6 Å². The minimum Gasteiger partial charge on any atom is -0.507 e. The first kappa shape index (κ1) is 22.4. The number of allylic oxidation sites excluding steroid dienone is 2. The molecule has 0 saturated heterocycles. The van der Waals surface area contributed by atoms with Crippen molar-refractivity contribution in [2.75, 3.05) is 4.90 Å². The highest BCUT2D eigenvalue weighted by atomic mass is 79.9.